The average Bonchev–Trinajstić information content (AvgIpc) is 2.88. The minimum Gasteiger partial charge on any atom is -0.357 e. The SMILES string of the molecule is CNC(=O)[C@H](Cc1ccccc1)N(Cc1ccc(Cl)c(Cl)c1)C(=O)CN(c1cccc(Cl)c1Cl)S(C)(=O)=O. The smallest absolute Gasteiger partial charge is 0.244 e. The monoisotopic (exact) mass is 615 g/mol. The summed E-state index contributed by atoms with van der Waals surface area (Å²) in [5, 5.41) is 3.33. The van der Waals surface area contributed by atoms with Crippen LogP contribution < -0.4 is 9.62 Å². The van der Waals surface area contributed by atoms with Crippen LogP contribution >= 0.6 is 46.4 Å². The Hall–Kier alpha value is -2.49. The minimum absolute atomic E-state index is 0.0180. The molecule has 0 aliphatic heterocycles. The molecule has 1 N–H and O–H groups in total. The quantitative estimate of drug-likeness (QED) is 0.328. The Bertz CT molecular complexity index is 1420. The number of rotatable bonds is 10. The number of halogens is 4. The van der Waals surface area contributed by atoms with Gasteiger partial charge in [0.05, 0.1) is 32.0 Å². The van der Waals surface area contributed by atoms with E-state index in [1.807, 2.05) is 30.3 Å². The van der Waals surface area contributed by atoms with Gasteiger partial charge in [0.1, 0.15) is 12.6 Å². The van der Waals surface area contributed by atoms with Crippen molar-refractivity contribution >= 4 is 73.9 Å². The van der Waals surface area contributed by atoms with Gasteiger partial charge in [-0.1, -0.05) is 88.9 Å². The highest BCUT2D eigenvalue weighted by Crippen LogP contribution is 2.34. The third-order valence-corrected chi connectivity index (χ3v) is 8.41. The first-order chi connectivity index (χ1) is 17.9. The van der Waals surface area contributed by atoms with Crippen molar-refractivity contribution in [3.63, 3.8) is 0 Å². The van der Waals surface area contributed by atoms with Gasteiger partial charge in [-0.2, -0.15) is 0 Å². The normalized spacial score (nSPS) is 12.1. The summed E-state index contributed by atoms with van der Waals surface area (Å²) in [6.07, 6.45) is 1.14. The highest BCUT2D eigenvalue weighted by molar-refractivity contribution is 7.92. The van der Waals surface area contributed by atoms with Gasteiger partial charge in [0.15, 0.2) is 0 Å². The number of carbonyl (C=O) groups is 2. The molecule has 3 aromatic carbocycles. The van der Waals surface area contributed by atoms with E-state index in [-0.39, 0.29) is 33.7 Å². The maximum atomic E-state index is 13.9. The number of anilines is 1. The van der Waals surface area contributed by atoms with Crippen LogP contribution in [0.1, 0.15) is 11.1 Å². The van der Waals surface area contributed by atoms with Gasteiger partial charge >= 0.3 is 0 Å². The summed E-state index contributed by atoms with van der Waals surface area (Å²) in [6.45, 7) is -0.663. The number of hydrogen-bond donors (Lipinski definition) is 1. The van der Waals surface area contributed by atoms with E-state index in [4.69, 9.17) is 46.4 Å². The van der Waals surface area contributed by atoms with E-state index in [0.717, 1.165) is 16.1 Å². The standard InChI is InChI=1S/C26H25Cl4N3O4S/c1-31-26(35)23(14-17-7-4-3-5-8-17)32(15-18-11-12-19(27)21(29)13-18)24(34)16-33(38(2,36)37)22-10-6-9-20(28)25(22)30/h3-13,23H,14-16H2,1-2H3,(H,31,35)/t23-/m0/s1. The Kier molecular flexibility index (Phi) is 10.3. The number of amides is 2. The molecular weight excluding hydrogens is 592 g/mol. The van der Waals surface area contributed by atoms with Crippen LogP contribution in [0.3, 0.4) is 0 Å². The molecule has 0 spiro atoms. The largest absolute Gasteiger partial charge is 0.357 e. The van der Waals surface area contributed by atoms with Crippen LogP contribution in [-0.4, -0.2) is 51.0 Å². The molecule has 0 heterocycles. The van der Waals surface area contributed by atoms with Gasteiger partial charge in [0, 0.05) is 20.0 Å². The number of sulfonamides is 1. The van der Waals surface area contributed by atoms with Crippen molar-refractivity contribution in [2.75, 3.05) is 24.2 Å². The number of nitrogens with zero attached hydrogens (tertiary/aromatic N) is 2. The molecule has 0 aromatic heterocycles. The second-order valence-corrected chi connectivity index (χ2v) is 11.9. The van der Waals surface area contributed by atoms with Gasteiger partial charge in [0.2, 0.25) is 21.8 Å². The van der Waals surface area contributed by atoms with E-state index in [9.17, 15) is 18.0 Å². The molecule has 7 nitrogen and oxygen atoms in total. The highest BCUT2D eigenvalue weighted by atomic mass is 35.5. The molecule has 0 fully saturated rings. The van der Waals surface area contributed by atoms with Crippen LogP contribution in [0.15, 0.2) is 66.7 Å². The van der Waals surface area contributed by atoms with Crippen molar-refractivity contribution in [2.24, 2.45) is 0 Å². The summed E-state index contributed by atoms with van der Waals surface area (Å²) < 4.78 is 26.4. The molecule has 0 bridgehead atoms. The third kappa shape index (κ3) is 7.55. The molecule has 0 saturated heterocycles. The zero-order chi connectivity index (χ0) is 28.0. The van der Waals surface area contributed by atoms with Crippen LogP contribution in [-0.2, 0) is 32.6 Å². The topological polar surface area (TPSA) is 86.8 Å². The molecule has 0 unspecified atom stereocenters. The van der Waals surface area contributed by atoms with E-state index in [2.05, 4.69) is 5.32 Å². The Morgan fingerprint density at radius 1 is 0.868 bits per heavy atom. The summed E-state index contributed by atoms with van der Waals surface area (Å²) in [4.78, 5) is 28.3. The molecule has 0 aliphatic rings. The van der Waals surface area contributed by atoms with E-state index < -0.39 is 34.4 Å². The van der Waals surface area contributed by atoms with E-state index in [0.29, 0.717) is 10.6 Å². The molecule has 3 rings (SSSR count). The first-order valence-electron chi connectivity index (χ1n) is 11.3. The lowest BCUT2D eigenvalue weighted by Gasteiger charge is -2.33. The summed E-state index contributed by atoms with van der Waals surface area (Å²) in [5.74, 6) is -1.06. The first-order valence-corrected chi connectivity index (χ1v) is 14.7. The van der Waals surface area contributed by atoms with Gasteiger partial charge in [-0.15, -0.1) is 0 Å². The fourth-order valence-corrected chi connectivity index (χ4v) is 5.46. The lowest BCUT2D eigenvalue weighted by Crippen LogP contribution is -2.52. The number of benzene rings is 3. The Morgan fingerprint density at radius 2 is 1.55 bits per heavy atom. The zero-order valence-corrected chi connectivity index (χ0v) is 24.3. The minimum atomic E-state index is -3.98. The van der Waals surface area contributed by atoms with Gasteiger partial charge in [-0.3, -0.25) is 13.9 Å². The summed E-state index contributed by atoms with van der Waals surface area (Å²) in [5.41, 5.74) is 1.45. The average molecular weight is 617 g/mol. The first kappa shape index (κ1) is 30.1. The van der Waals surface area contributed by atoms with Crippen LogP contribution in [0, 0.1) is 0 Å². The predicted molar refractivity (Wildman–Crippen MR) is 154 cm³/mol. The highest BCUT2D eigenvalue weighted by Gasteiger charge is 2.33. The van der Waals surface area contributed by atoms with E-state index in [1.54, 1.807) is 18.2 Å². The van der Waals surface area contributed by atoms with Gasteiger partial charge in [-0.25, -0.2) is 8.42 Å². The predicted octanol–water partition coefficient (Wildman–Crippen LogP) is 5.45. The van der Waals surface area contributed by atoms with Crippen LogP contribution in [0.5, 0.6) is 0 Å². The fraction of sp³-hybridized carbons (Fsp3) is 0.231. The van der Waals surface area contributed by atoms with Crippen LogP contribution in [0.4, 0.5) is 5.69 Å². The molecule has 1 atom stereocenters. The molecule has 0 saturated carbocycles. The van der Waals surface area contributed by atoms with Crippen LogP contribution in [0.2, 0.25) is 20.1 Å². The number of carbonyl (C=O) groups excluding carboxylic acids is 2. The summed E-state index contributed by atoms with van der Waals surface area (Å²) >= 11 is 24.7. The van der Waals surface area contributed by atoms with Crippen molar-refractivity contribution in [3.8, 4) is 0 Å². The van der Waals surface area contributed by atoms with Crippen molar-refractivity contribution < 1.29 is 18.0 Å². The molecule has 2 amide bonds. The van der Waals surface area contributed by atoms with Crippen molar-refractivity contribution in [1.82, 2.24) is 10.2 Å². The number of nitrogens with one attached hydrogen (secondary N) is 1. The maximum Gasteiger partial charge on any atom is 0.244 e. The molecule has 0 radical (unpaired) electrons. The molecule has 38 heavy (non-hydrogen) atoms. The van der Waals surface area contributed by atoms with Crippen molar-refractivity contribution in [1.29, 1.82) is 0 Å². The Labute approximate surface area is 242 Å². The molecule has 0 aliphatic carbocycles. The van der Waals surface area contributed by atoms with Gasteiger partial charge < -0.3 is 10.2 Å². The maximum absolute atomic E-state index is 13.9. The Balaban J connectivity index is 2.07. The third-order valence-electron chi connectivity index (χ3n) is 5.73. The summed E-state index contributed by atoms with van der Waals surface area (Å²) in [7, 11) is -2.51. The van der Waals surface area contributed by atoms with E-state index in [1.165, 1.54) is 30.1 Å². The van der Waals surface area contributed by atoms with Gasteiger partial charge in [-0.05, 0) is 35.4 Å². The molecule has 3 aromatic rings. The lowest BCUT2D eigenvalue weighted by molar-refractivity contribution is -0.139. The Morgan fingerprint density at radius 3 is 2.16 bits per heavy atom. The van der Waals surface area contributed by atoms with Crippen LogP contribution in [0.25, 0.3) is 0 Å². The zero-order valence-electron chi connectivity index (χ0n) is 20.5. The number of hydrogen-bond acceptors (Lipinski definition) is 4. The van der Waals surface area contributed by atoms with Gasteiger partial charge in [0.25, 0.3) is 0 Å². The lowest BCUT2D eigenvalue weighted by atomic mass is 10.0. The molecule has 12 heteroatoms. The molecule has 202 valence electrons. The second kappa shape index (κ2) is 13.0. The van der Waals surface area contributed by atoms with Crippen molar-refractivity contribution in [3.05, 3.63) is 97.9 Å². The van der Waals surface area contributed by atoms with Crippen molar-refractivity contribution in [2.45, 2.75) is 19.0 Å². The van der Waals surface area contributed by atoms with E-state index >= 15 is 0 Å². The second-order valence-electron chi connectivity index (χ2n) is 8.43. The number of likely N-dealkylation sites (N-methyl/N-ethyl adjacent to an activating group) is 1. The summed E-state index contributed by atoms with van der Waals surface area (Å²) in [6, 6.07) is 17.6. The fourth-order valence-electron chi connectivity index (χ4n) is 3.84. The molecular formula is C26H25Cl4N3O4S.